The minimum absolute atomic E-state index is 0.0111. The van der Waals surface area contributed by atoms with Crippen LogP contribution in [-0.2, 0) is 5.92 Å². The Kier molecular flexibility index (Phi) is 4.81. The average molecular weight is 367 g/mol. The number of Topliss-reactive ketones (excluding diaryl/α,β-unsaturated/α-hetero) is 1. The van der Waals surface area contributed by atoms with Crippen LogP contribution in [0.2, 0.25) is 0 Å². The van der Waals surface area contributed by atoms with E-state index >= 15 is 0 Å². The van der Waals surface area contributed by atoms with Crippen molar-refractivity contribution in [2.24, 2.45) is 0 Å². The monoisotopic (exact) mass is 366 g/mol. The van der Waals surface area contributed by atoms with Gasteiger partial charge in [-0.1, -0.05) is 54.9 Å². The second-order valence-corrected chi connectivity index (χ2v) is 5.72. The van der Waals surface area contributed by atoms with Crippen LogP contribution in [0.25, 0.3) is 11.1 Å². The highest BCUT2D eigenvalue weighted by Gasteiger charge is 2.44. The number of carbonyl (C=O) groups is 1. The molecule has 116 valence electrons. The predicted molar refractivity (Wildman–Crippen MR) is 88.5 cm³/mol. The van der Waals surface area contributed by atoms with E-state index < -0.39 is 5.92 Å². The Hall–Kier alpha value is -1.55. The van der Waals surface area contributed by atoms with Gasteiger partial charge in [0.2, 0.25) is 0 Å². The van der Waals surface area contributed by atoms with Crippen molar-refractivity contribution in [3.8, 4) is 11.1 Å². The van der Waals surface area contributed by atoms with Crippen LogP contribution < -0.4 is 0 Å². The van der Waals surface area contributed by atoms with E-state index in [0.717, 1.165) is 0 Å². The van der Waals surface area contributed by atoms with Gasteiger partial charge in [-0.2, -0.15) is 8.78 Å². The molecule has 0 radical (unpaired) electrons. The van der Waals surface area contributed by atoms with Crippen molar-refractivity contribution < 1.29 is 13.6 Å². The van der Waals surface area contributed by atoms with Crippen LogP contribution in [0.3, 0.4) is 0 Å². The second-order valence-electron chi connectivity index (χ2n) is 4.80. The average Bonchev–Trinajstić information content (AvgIpc) is 2.76. The number of rotatable bonds is 2. The van der Waals surface area contributed by atoms with E-state index in [4.69, 9.17) is 0 Å². The normalized spacial score (nSPS) is 13.7. The Balaban J connectivity index is 0.000000847. The molecule has 0 amide bonds. The highest BCUT2D eigenvalue weighted by atomic mass is 79.9. The molecule has 1 aliphatic rings. The molecule has 0 heterocycles. The second kappa shape index (κ2) is 6.29. The molecule has 2 aromatic carbocycles. The van der Waals surface area contributed by atoms with Gasteiger partial charge in [0, 0.05) is 27.6 Å². The third-order valence-corrected chi connectivity index (χ3v) is 4.10. The fraction of sp³-hybridized carbons (Fsp3) is 0.278. The van der Waals surface area contributed by atoms with Crippen molar-refractivity contribution in [1.29, 1.82) is 0 Å². The van der Waals surface area contributed by atoms with Gasteiger partial charge in [-0.05, 0) is 29.3 Å². The van der Waals surface area contributed by atoms with E-state index in [0.29, 0.717) is 27.6 Å². The lowest BCUT2D eigenvalue weighted by atomic mass is 10.00. The molecule has 0 saturated carbocycles. The first-order chi connectivity index (χ1) is 10.4. The van der Waals surface area contributed by atoms with Crippen LogP contribution in [0.1, 0.15) is 48.7 Å². The summed E-state index contributed by atoms with van der Waals surface area (Å²) < 4.78 is 29.7. The van der Waals surface area contributed by atoms with Gasteiger partial charge in [0.05, 0.1) is 0 Å². The van der Waals surface area contributed by atoms with Crippen LogP contribution in [0, 0.1) is 0 Å². The Morgan fingerprint density at radius 3 is 2.18 bits per heavy atom. The molecular formula is C18H17BrF2O. The number of alkyl halides is 2. The topological polar surface area (TPSA) is 17.1 Å². The summed E-state index contributed by atoms with van der Waals surface area (Å²) in [4.78, 5) is 11.7. The predicted octanol–water partition coefficient (Wildman–Crippen LogP) is 6.19. The van der Waals surface area contributed by atoms with Gasteiger partial charge in [0.1, 0.15) is 0 Å². The SMILES string of the molecule is CC.CCC(=O)c1ccc2c(c1)C(F)(F)c1cc(Br)ccc1-2. The number of halogens is 3. The van der Waals surface area contributed by atoms with E-state index in [1.165, 1.54) is 12.1 Å². The summed E-state index contributed by atoms with van der Waals surface area (Å²) in [5.41, 5.74) is 1.29. The number of fused-ring (bicyclic) bond motifs is 3. The van der Waals surface area contributed by atoms with Crippen molar-refractivity contribution in [2.45, 2.75) is 33.1 Å². The summed E-state index contributed by atoms with van der Waals surface area (Å²) in [6, 6.07) is 9.44. The summed E-state index contributed by atoms with van der Waals surface area (Å²) in [5, 5.41) is 0. The minimum Gasteiger partial charge on any atom is -0.294 e. The summed E-state index contributed by atoms with van der Waals surface area (Å²) >= 11 is 3.22. The van der Waals surface area contributed by atoms with Gasteiger partial charge in [-0.3, -0.25) is 4.79 Å². The lowest BCUT2D eigenvalue weighted by Crippen LogP contribution is -2.12. The van der Waals surface area contributed by atoms with Gasteiger partial charge in [-0.15, -0.1) is 0 Å². The molecule has 0 spiro atoms. The number of carbonyl (C=O) groups excluding carboxylic acids is 1. The molecule has 0 saturated heterocycles. The molecule has 0 aromatic heterocycles. The first-order valence-corrected chi connectivity index (χ1v) is 8.10. The lowest BCUT2D eigenvalue weighted by Gasteiger charge is -2.13. The minimum atomic E-state index is -3.06. The zero-order valence-electron chi connectivity index (χ0n) is 12.7. The zero-order valence-corrected chi connectivity index (χ0v) is 14.3. The van der Waals surface area contributed by atoms with Gasteiger partial charge in [-0.25, -0.2) is 0 Å². The molecular weight excluding hydrogens is 350 g/mol. The summed E-state index contributed by atoms with van der Waals surface area (Å²) in [5.74, 6) is -3.18. The fourth-order valence-corrected chi connectivity index (χ4v) is 2.93. The van der Waals surface area contributed by atoms with Gasteiger partial charge < -0.3 is 0 Å². The number of hydrogen-bond donors (Lipinski definition) is 0. The lowest BCUT2D eigenvalue weighted by molar-refractivity contribution is 0.0479. The molecule has 0 bridgehead atoms. The van der Waals surface area contributed by atoms with E-state index in [-0.39, 0.29) is 16.9 Å². The Labute approximate surface area is 137 Å². The van der Waals surface area contributed by atoms with Crippen molar-refractivity contribution in [2.75, 3.05) is 0 Å². The van der Waals surface area contributed by atoms with E-state index in [2.05, 4.69) is 15.9 Å². The van der Waals surface area contributed by atoms with E-state index in [9.17, 15) is 13.6 Å². The maximum Gasteiger partial charge on any atom is 0.299 e. The molecule has 2 aromatic rings. The molecule has 4 heteroatoms. The van der Waals surface area contributed by atoms with Crippen molar-refractivity contribution in [3.05, 3.63) is 57.6 Å². The van der Waals surface area contributed by atoms with Gasteiger partial charge in [0.25, 0.3) is 5.92 Å². The molecule has 3 rings (SSSR count). The standard InChI is InChI=1S/C16H11BrF2O.C2H6/c1-2-15(20)9-3-5-11-12-6-4-10(17)8-14(12)16(18,19)13(11)7-9;1-2/h3-8H,2H2,1H3;1-2H3. The van der Waals surface area contributed by atoms with Crippen molar-refractivity contribution in [1.82, 2.24) is 0 Å². The molecule has 1 nitrogen and oxygen atoms in total. The summed E-state index contributed by atoms with van der Waals surface area (Å²) in [6.45, 7) is 5.72. The Morgan fingerprint density at radius 1 is 1.05 bits per heavy atom. The number of benzene rings is 2. The number of ketones is 1. The molecule has 0 aliphatic heterocycles. The molecule has 0 unspecified atom stereocenters. The molecule has 1 aliphatic carbocycles. The molecule has 0 N–H and O–H groups in total. The third-order valence-electron chi connectivity index (χ3n) is 3.61. The Morgan fingerprint density at radius 2 is 1.59 bits per heavy atom. The first-order valence-electron chi connectivity index (χ1n) is 7.31. The fourth-order valence-electron chi connectivity index (χ4n) is 2.57. The van der Waals surface area contributed by atoms with Crippen LogP contribution in [0.15, 0.2) is 40.9 Å². The quantitative estimate of drug-likeness (QED) is 0.579. The highest BCUT2D eigenvalue weighted by molar-refractivity contribution is 9.10. The largest absolute Gasteiger partial charge is 0.299 e. The summed E-state index contributed by atoms with van der Waals surface area (Å²) in [6.07, 6.45) is 0.308. The Bertz CT molecular complexity index is 723. The molecule has 0 atom stereocenters. The van der Waals surface area contributed by atoms with Crippen molar-refractivity contribution in [3.63, 3.8) is 0 Å². The maximum atomic E-state index is 14.5. The van der Waals surface area contributed by atoms with E-state index in [1.807, 2.05) is 13.8 Å². The van der Waals surface area contributed by atoms with Gasteiger partial charge in [0.15, 0.2) is 5.78 Å². The first kappa shape index (κ1) is 16.8. The zero-order chi connectivity index (χ0) is 16.5. The number of hydrogen-bond acceptors (Lipinski definition) is 1. The van der Waals surface area contributed by atoms with Crippen LogP contribution in [0.4, 0.5) is 8.78 Å². The maximum absolute atomic E-state index is 14.5. The smallest absolute Gasteiger partial charge is 0.294 e. The van der Waals surface area contributed by atoms with Crippen molar-refractivity contribution >= 4 is 21.7 Å². The summed E-state index contributed by atoms with van der Waals surface area (Å²) in [7, 11) is 0. The molecule has 22 heavy (non-hydrogen) atoms. The third kappa shape index (κ3) is 2.60. The van der Waals surface area contributed by atoms with E-state index in [1.54, 1.807) is 31.2 Å². The highest BCUT2D eigenvalue weighted by Crippen LogP contribution is 2.51. The van der Waals surface area contributed by atoms with Crippen LogP contribution in [0.5, 0.6) is 0 Å². The molecule has 0 fully saturated rings. The van der Waals surface area contributed by atoms with Crippen LogP contribution >= 0.6 is 15.9 Å². The van der Waals surface area contributed by atoms with Gasteiger partial charge >= 0.3 is 0 Å². The van der Waals surface area contributed by atoms with Crippen LogP contribution in [-0.4, -0.2) is 5.78 Å².